The van der Waals surface area contributed by atoms with E-state index in [0.29, 0.717) is 25.1 Å². The van der Waals surface area contributed by atoms with Crippen molar-refractivity contribution in [1.82, 2.24) is 10.2 Å². The predicted octanol–water partition coefficient (Wildman–Crippen LogP) is 1.01. The van der Waals surface area contributed by atoms with Gasteiger partial charge in [-0.15, -0.1) is 0 Å². The standard InChI is InChI=1S/C15H30N2O3/c1-3-6-13-9-14(16-7-5-8-18)11-17(10-13)12-15(19)20-4-2/h13-14,16,18H,3-12H2,1-2H3. The van der Waals surface area contributed by atoms with Crippen LogP contribution in [0.15, 0.2) is 0 Å². The van der Waals surface area contributed by atoms with Gasteiger partial charge >= 0.3 is 5.97 Å². The summed E-state index contributed by atoms with van der Waals surface area (Å²) in [5.74, 6) is 0.522. The number of ether oxygens (including phenoxy) is 1. The highest BCUT2D eigenvalue weighted by Gasteiger charge is 2.27. The molecule has 0 aromatic heterocycles. The van der Waals surface area contributed by atoms with Crippen molar-refractivity contribution in [2.45, 2.75) is 45.6 Å². The van der Waals surface area contributed by atoms with E-state index in [1.54, 1.807) is 0 Å². The van der Waals surface area contributed by atoms with Crippen LogP contribution in [0.3, 0.4) is 0 Å². The maximum Gasteiger partial charge on any atom is 0.320 e. The van der Waals surface area contributed by atoms with Gasteiger partial charge in [-0.25, -0.2) is 0 Å². The maximum atomic E-state index is 11.6. The molecule has 0 aromatic carbocycles. The first-order valence-electron chi connectivity index (χ1n) is 7.91. The topological polar surface area (TPSA) is 61.8 Å². The fraction of sp³-hybridized carbons (Fsp3) is 0.933. The summed E-state index contributed by atoms with van der Waals surface area (Å²) in [5.41, 5.74) is 0. The van der Waals surface area contributed by atoms with Crippen molar-refractivity contribution in [3.8, 4) is 0 Å². The van der Waals surface area contributed by atoms with Gasteiger partial charge in [-0.05, 0) is 38.6 Å². The predicted molar refractivity (Wildman–Crippen MR) is 79.6 cm³/mol. The molecule has 0 bridgehead atoms. The summed E-state index contributed by atoms with van der Waals surface area (Å²) >= 11 is 0. The smallest absolute Gasteiger partial charge is 0.320 e. The lowest BCUT2D eigenvalue weighted by atomic mass is 9.90. The van der Waals surface area contributed by atoms with Crippen LogP contribution in [0, 0.1) is 5.92 Å². The Morgan fingerprint density at radius 3 is 2.85 bits per heavy atom. The molecule has 1 fully saturated rings. The zero-order valence-corrected chi connectivity index (χ0v) is 12.9. The van der Waals surface area contributed by atoms with Crippen LogP contribution in [0.1, 0.15) is 39.5 Å². The van der Waals surface area contributed by atoms with Crippen molar-refractivity contribution in [1.29, 1.82) is 0 Å². The Morgan fingerprint density at radius 2 is 2.20 bits per heavy atom. The fourth-order valence-corrected chi connectivity index (χ4v) is 2.97. The van der Waals surface area contributed by atoms with Crippen LogP contribution in [0.25, 0.3) is 0 Å². The van der Waals surface area contributed by atoms with Gasteiger partial charge in [0.25, 0.3) is 0 Å². The second kappa shape index (κ2) is 10.1. The molecule has 20 heavy (non-hydrogen) atoms. The van der Waals surface area contributed by atoms with Gasteiger partial charge in [0.2, 0.25) is 0 Å². The van der Waals surface area contributed by atoms with Crippen molar-refractivity contribution >= 4 is 5.97 Å². The van der Waals surface area contributed by atoms with Gasteiger partial charge < -0.3 is 15.2 Å². The molecule has 1 aliphatic rings. The molecule has 5 heteroatoms. The summed E-state index contributed by atoms with van der Waals surface area (Å²) in [5, 5.41) is 12.3. The molecule has 1 rings (SSSR count). The van der Waals surface area contributed by atoms with E-state index in [1.165, 1.54) is 19.3 Å². The molecule has 1 saturated heterocycles. The summed E-state index contributed by atoms with van der Waals surface area (Å²) in [6, 6.07) is 0.418. The van der Waals surface area contributed by atoms with E-state index in [2.05, 4.69) is 17.1 Å². The van der Waals surface area contributed by atoms with Gasteiger partial charge in [-0.3, -0.25) is 9.69 Å². The number of hydrogen-bond acceptors (Lipinski definition) is 5. The third-order valence-electron chi connectivity index (χ3n) is 3.74. The van der Waals surface area contributed by atoms with Crippen molar-refractivity contribution < 1.29 is 14.6 Å². The minimum atomic E-state index is -0.126. The highest BCUT2D eigenvalue weighted by molar-refractivity contribution is 5.71. The van der Waals surface area contributed by atoms with E-state index >= 15 is 0 Å². The summed E-state index contributed by atoms with van der Waals surface area (Å²) in [6.45, 7) is 7.84. The summed E-state index contributed by atoms with van der Waals surface area (Å²) < 4.78 is 5.04. The first kappa shape index (κ1) is 17.4. The average molecular weight is 286 g/mol. The quantitative estimate of drug-likeness (QED) is 0.489. The molecule has 0 spiro atoms. The Kier molecular flexibility index (Phi) is 8.82. The largest absolute Gasteiger partial charge is 0.465 e. The molecule has 0 saturated carbocycles. The van der Waals surface area contributed by atoms with Crippen molar-refractivity contribution in [2.24, 2.45) is 5.92 Å². The number of carbonyl (C=O) groups excluding carboxylic acids is 1. The number of nitrogens with one attached hydrogen (secondary N) is 1. The number of hydrogen-bond donors (Lipinski definition) is 2. The lowest BCUT2D eigenvalue weighted by molar-refractivity contribution is -0.145. The molecule has 2 unspecified atom stereocenters. The molecule has 5 nitrogen and oxygen atoms in total. The SMILES string of the molecule is CCCC1CC(NCCCO)CN(CC(=O)OCC)C1. The monoisotopic (exact) mass is 286 g/mol. The Balaban J connectivity index is 2.44. The first-order chi connectivity index (χ1) is 9.69. The Hall–Kier alpha value is -0.650. The molecular formula is C15H30N2O3. The minimum Gasteiger partial charge on any atom is -0.465 e. The Labute approximate surface area is 122 Å². The molecule has 0 radical (unpaired) electrons. The Morgan fingerprint density at radius 1 is 1.40 bits per heavy atom. The number of piperidine rings is 1. The van der Waals surface area contributed by atoms with Crippen molar-refractivity contribution in [3.05, 3.63) is 0 Å². The van der Waals surface area contributed by atoms with E-state index in [1.807, 2.05) is 6.92 Å². The molecule has 118 valence electrons. The summed E-state index contributed by atoms with van der Waals surface area (Å²) in [7, 11) is 0. The number of aliphatic hydroxyl groups excluding tert-OH is 1. The zero-order valence-electron chi connectivity index (χ0n) is 12.9. The lowest BCUT2D eigenvalue weighted by Gasteiger charge is -2.37. The van der Waals surface area contributed by atoms with Crippen LogP contribution in [-0.4, -0.2) is 61.4 Å². The van der Waals surface area contributed by atoms with Crippen LogP contribution in [0.2, 0.25) is 0 Å². The van der Waals surface area contributed by atoms with E-state index in [-0.39, 0.29) is 12.6 Å². The molecule has 0 amide bonds. The number of carbonyl (C=O) groups is 1. The summed E-state index contributed by atoms with van der Waals surface area (Å²) in [4.78, 5) is 13.8. The highest BCUT2D eigenvalue weighted by Crippen LogP contribution is 2.21. The number of rotatable bonds is 9. The fourth-order valence-electron chi connectivity index (χ4n) is 2.97. The van der Waals surface area contributed by atoms with Crippen LogP contribution >= 0.6 is 0 Å². The number of aliphatic hydroxyl groups is 1. The second-order valence-electron chi connectivity index (χ2n) is 5.62. The van der Waals surface area contributed by atoms with Gasteiger partial charge in [0.15, 0.2) is 0 Å². The van der Waals surface area contributed by atoms with Crippen LogP contribution in [0.4, 0.5) is 0 Å². The molecule has 2 N–H and O–H groups in total. The van der Waals surface area contributed by atoms with E-state index in [4.69, 9.17) is 9.84 Å². The van der Waals surface area contributed by atoms with Gasteiger partial charge in [-0.2, -0.15) is 0 Å². The maximum absolute atomic E-state index is 11.6. The Bertz CT molecular complexity index is 274. The molecule has 0 aliphatic carbocycles. The van der Waals surface area contributed by atoms with E-state index in [9.17, 15) is 4.79 Å². The van der Waals surface area contributed by atoms with Crippen LogP contribution in [-0.2, 0) is 9.53 Å². The third-order valence-corrected chi connectivity index (χ3v) is 3.74. The van der Waals surface area contributed by atoms with Gasteiger partial charge in [0.05, 0.1) is 13.2 Å². The number of nitrogens with zero attached hydrogens (tertiary/aromatic N) is 1. The van der Waals surface area contributed by atoms with Crippen LogP contribution in [0.5, 0.6) is 0 Å². The molecule has 1 heterocycles. The number of likely N-dealkylation sites (tertiary alicyclic amines) is 1. The van der Waals surface area contributed by atoms with Gasteiger partial charge in [-0.1, -0.05) is 13.3 Å². The first-order valence-corrected chi connectivity index (χ1v) is 7.91. The second-order valence-corrected chi connectivity index (χ2v) is 5.62. The van der Waals surface area contributed by atoms with E-state index < -0.39 is 0 Å². The van der Waals surface area contributed by atoms with Crippen LogP contribution < -0.4 is 5.32 Å². The van der Waals surface area contributed by atoms with Crippen molar-refractivity contribution in [3.63, 3.8) is 0 Å². The third kappa shape index (κ3) is 6.68. The average Bonchev–Trinajstić information content (AvgIpc) is 2.39. The minimum absolute atomic E-state index is 0.126. The highest BCUT2D eigenvalue weighted by atomic mass is 16.5. The zero-order chi connectivity index (χ0) is 14.8. The van der Waals surface area contributed by atoms with Gasteiger partial charge in [0, 0.05) is 25.7 Å². The number of esters is 1. The van der Waals surface area contributed by atoms with E-state index in [0.717, 1.165) is 26.1 Å². The molecule has 2 atom stereocenters. The summed E-state index contributed by atoms with van der Waals surface area (Å²) in [6.07, 6.45) is 4.34. The van der Waals surface area contributed by atoms with Gasteiger partial charge in [0.1, 0.15) is 0 Å². The lowest BCUT2D eigenvalue weighted by Crippen LogP contribution is -2.51. The molecule has 0 aromatic rings. The molecule has 1 aliphatic heterocycles. The molecular weight excluding hydrogens is 256 g/mol. The normalized spacial score (nSPS) is 23.8. The van der Waals surface area contributed by atoms with Crippen molar-refractivity contribution in [2.75, 3.05) is 39.4 Å².